The molecule has 0 radical (unpaired) electrons. The van der Waals surface area contributed by atoms with Gasteiger partial charge >= 0.3 is 6.03 Å². The third-order valence-electron chi connectivity index (χ3n) is 2.84. The van der Waals surface area contributed by atoms with Crippen molar-refractivity contribution < 1.29 is 14.0 Å². The largest absolute Gasteiger partial charge is 0.338 e. The van der Waals surface area contributed by atoms with Gasteiger partial charge in [-0.15, -0.1) is 0 Å². The monoisotopic (exact) mass is 281 g/mol. The summed E-state index contributed by atoms with van der Waals surface area (Å²) in [6, 6.07) is 4.85. The molecule has 0 aromatic heterocycles. The summed E-state index contributed by atoms with van der Waals surface area (Å²) >= 11 is 0. The van der Waals surface area contributed by atoms with Crippen molar-refractivity contribution in [2.45, 2.75) is 32.9 Å². The van der Waals surface area contributed by atoms with Crippen molar-refractivity contribution in [2.75, 3.05) is 6.54 Å². The molecule has 6 heteroatoms. The minimum Gasteiger partial charge on any atom is -0.338 e. The van der Waals surface area contributed by atoms with Gasteiger partial charge in [-0.25, -0.2) is 9.18 Å². The number of urea groups is 1. The first kappa shape index (κ1) is 16.1. The van der Waals surface area contributed by atoms with Crippen LogP contribution in [0.1, 0.15) is 32.4 Å². The van der Waals surface area contributed by atoms with Gasteiger partial charge in [0, 0.05) is 12.6 Å². The molecule has 0 aliphatic carbocycles. The van der Waals surface area contributed by atoms with Crippen LogP contribution >= 0.6 is 0 Å². The van der Waals surface area contributed by atoms with Gasteiger partial charge in [0.2, 0.25) is 5.91 Å². The number of hydrogen-bond donors (Lipinski definition) is 3. The molecule has 1 aromatic carbocycles. The van der Waals surface area contributed by atoms with Gasteiger partial charge in [0.05, 0.1) is 6.04 Å². The summed E-state index contributed by atoms with van der Waals surface area (Å²) in [7, 11) is 0. The highest BCUT2D eigenvalue weighted by Crippen LogP contribution is 2.13. The van der Waals surface area contributed by atoms with Crippen LogP contribution in [-0.2, 0) is 4.79 Å². The molecule has 0 aliphatic heterocycles. The molecule has 1 unspecified atom stereocenters. The molecule has 110 valence electrons. The Morgan fingerprint density at radius 1 is 1.20 bits per heavy atom. The van der Waals surface area contributed by atoms with Gasteiger partial charge in [-0.05, 0) is 38.5 Å². The molecular weight excluding hydrogens is 261 g/mol. The molecule has 1 aromatic rings. The summed E-state index contributed by atoms with van der Waals surface area (Å²) in [4.78, 5) is 23.0. The van der Waals surface area contributed by atoms with Crippen molar-refractivity contribution in [3.8, 4) is 0 Å². The highest BCUT2D eigenvalue weighted by atomic mass is 19.1. The smallest absolute Gasteiger partial charge is 0.321 e. The zero-order chi connectivity index (χ0) is 15.1. The van der Waals surface area contributed by atoms with Gasteiger partial charge in [-0.3, -0.25) is 15.4 Å². The van der Waals surface area contributed by atoms with Gasteiger partial charge in [0.1, 0.15) is 5.82 Å². The molecule has 0 spiro atoms. The van der Waals surface area contributed by atoms with E-state index in [1.807, 2.05) is 6.92 Å². The molecule has 3 N–H and O–H groups in total. The van der Waals surface area contributed by atoms with Crippen LogP contribution in [0.3, 0.4) is 0 Å². The van der Waals surface area contributed by atoms with E-state index in [1.54, 1.807) is 26.0 Å². The fourth-order valence-corrected chi connectivity index (χ4v) is 1.72. The van der Waals surface area contributed by atoms with E-state index in [9.17, 15) is 14.0 Å². The molecule has 0 saturated heterocycles. The van der Waals surface area contributed by atoms with Crippen LogP contribution in [0.5, 0.6) is 0 Å². The predicted octanol–water partition coefficient (Wildman–Crippen LogP) is 1.71. The second-order valence-electron chi connectivity index (χ2n) is 4.51. The molecular formula is C14H20FN3O2. The summed E-state index contributed by atoms with van der Waals surface area (Å²) in [6.07, 6.45) is 0. The zero-order valence-corrected chi connectivity index (χ0v) is 11.9. The molecule has 0 saturated carbocycles. The number of benzene rings is 1. The SMILES string of the molecule is CCNC(=O)NC(=O)C(C)N[C@H](C)c1ccc(F)cc1. The number of nitrogens with one attached hydrogen (secondary N) is 3. The van der Waals surface area contributed by atoms with Crippen LogP contribution in [-0.4, -0.2) is 24.5 Å². The Morgan fingerprint density at radius 2 is 1.80 bits per heavy atom. The lowest BCUT2D eigenvalue weighted by Crippen LogP contribution is -2.48. The second kappa shape index (κ2) is 7.59. The maximum absolute atomic E-state index is 12.8. The zero-order valence-electron chi connectivity index (χ0n) is 11.9. The Bertz CT molecular complexity index is 462. The third kappa shape index (κ3) is 4.97. The summed E-state index contributed by atoms with van der Waals surface area (Å²) in [5.74, 6) is -0.715. The van der Waals surface area contributed by atoms with E-state index in [-0.39, 0.29) is 11.9 Å². The number of carbonyl (C=O) groups excluding carboxylic acids is 2. The van der Waals surface area contributed by atoms with E-state index in [4.69, 9.17) is 0 Å². The highest BCUT2D eigenvalue weighted by molar-refractivity contribution is 5.96. The van der Waals surface area contributed by atoms with Crippen LogP contribution in [0, 0.1) is 5.82 Å². The number of amides is 3. The first-order valence-corrected chi connectivity index (χ1v) is 6.54. The number of carbonyl (C=O) groups is 2. The summed E-state index contributed by atoms with van der Waals surface area (Å²) < 4.78 is 12.8. The highest BCUT2D eigenvalue weighted by Gasteiger charge is 2.18. The van der Waals surface area contributed by atoms with Gasteiger partial charge in [0.15, 0.2) is 0 Å². The molecule has 1 rings (SSSR count). The minimum atomic E-state index is -0.544. The Balaban J connectivity index is 2.52. The number of imide groups is 1. The Morgan fingerprint density at radius 3 is 2.35 bits per heavy atom. The molecule has 2 atom stereocenters. The average molecular weight is 281 g/mol. The van der Waals surface area contributed by atoms with Gasteiger partial charge in [-0.1, -0.05) is 12.1 Å². The van der Waals surface area contributed by atoms with E-state index in [0.717, 1.165) is 5.56 Å². The van der Waals surface area contributed by atoms with Crippen LogP contribution in [0.25, 0.3) is 0 Å². The lowest BCUT2D eigenvalue weighted by Gasteiger charge is -2.19. The Hall–Kier alpha value is -1.95. The van der Waals surface area contributed by atoms with E-state index in [2.05, 4.69) is 16.0 Å². The standard InChI is InChI=1S/C14H20FN3O2/c1-4-16-14(20)18-13(19)10(3)17-9(2)11-5-7-12(15)8-6-11/h5-10,17H,4H2,1-3H3,(H2,16,18,19,20)/t9-,10?/m1/s1. The molecule has 20 heavy (non-hydrogen) atoms. The van der Waals surface area contributed by atoms with Gasteiger partial charge < -0.3 is 5.32 Å². The number of halogens is 1. The Kier molecular flexibility index (Phi) is 6.11. The van der Waals surface area contributed by atoms with E-state index in [0.29, 0.717) is 6.54 Å². The van der Waals surface area contributed by atoms with Gasteiger partial charge in [-0.2, -0.15) is 0 Å². The van der Waals surface area contributed by atoms with E-state index < -0.39 is 18.0 Å². The van der Waals surface area contributed by atoms with Crippen LogP contribution in [0.4, 0.5) is 9.18 Å². The fraction of sp³-hybridized carbons (Fsp3) is 0.429. The fourth-order valence-electron chi connectivity index (χ4n) is 1.72. The normalized spacial score (nSPS) is 13.4. The van der Waals surface area contributed by atoms with Crippen molar-refractivity contribution in [1.82, 2.24) is 16.0 Å². The molecule has 5 nitrogen and oxygen atoms in total. The maximum Gasteiger partial charge on any atom is 0.321 e. The predicted molar refractivity (Wildman–Crippen MR) is 74.6 cm³/mol. The second-order valence-corrected chi connectivity index (χ2v) is 4.51. The molecule has 3 amide bonds. The average Bonchev–Trinajstić information content (AvgIpc) is 2.39. The van der Waals surface area contributed by atoms with Crippen LogP contribution < -0.4 is 16.0 Å². The molecule has 0 aliphatic rings. The van der Waals surface area contributed by atoms with Crippen LogP contribution in [0.15, 0.2) is 24.3 Å². The molecule has 0 heterocycles. The minimum absolute atomic E-state index is 0.134. The topological polar surface area (TPSA) is 70.2 Å². The number of rotatable bonds is 5. The number of hydrogen-bond acceptors (Lipinski definition) is 3. The van der Waals surface area contributed by atoms with E-state index >= 15 is 0 Å². The first-order chi connectivity index (χ1) is 9.43. The third-order valence-corrected chi connectivity index (χ3v) is 2.84. The van der Waals surface area contributed by atoms with Crippen molar-refractivity contribution in [1.29, 1.82) is 0 Å². The molecule has 0 bridgehead atoms. The van der Waals surface area contributed by atoms with Crippen molar-refractivity contribution in [3.63, 3.8) is 0 Å². The lowest BCUT2D eigenvalue weighted by molar-refractivity contribution is -0.121. The van der Waals surface area contributed by atoms with Crippen molar-refractivity contribution in [3.05, 3.63) is 35.6 Å². The summed E-state index contributed by atoms with van der Waals surface area (Å²) in [5.41, 5.74) is 0.865. The lowest BCUT2D eigenvalue weighted by atomic mass is 10.1. The maximum atomic E-state index is 12.8. The summed E-state index contributed by atoms with van der Waals surface area (Å²) in [6.45, 7) is 5.74. The van der Waals surface area contributed by atoms with Crippen molar-refractivity contribution in [2.24, 2.45) is 0 Å². The summed E-state index contributed by atoms with van der Waals surface area (Å²) in [5, 5.41) is 7.77. The first-order valence-electron chi connectivity index (χ1n) is 6.54. The van der Waals surface area contributed by atoms with Crippen LogP contribution in [0.2, 0.25) is 0 Å². The van der Waals surface area contributed by atoms with E-state index in [1.165, 1.54) is 12.1 Å². The Labute approximate surface area is 117 Å². The molecule has 0 fully saturated rings. The van der Waals surface area contributed by atoms with Gasteiger partial charge in [0.25, 0.3) is 0 Å². The van der Waals surface area contributed by atoms with Crippen molar-refractivity contribution >= 4 is 11.9 Å². The quantitative estimate of drug-likeness (QED) is 0.769.